The minimum Gasteiger partial charge on any atom is -0.384 e. The van der Waals surface area contributed by atoms with Gasteiger partial charge in [0, 0.05) is 19.3 Å². The smallest absolute Gasteiger partial charge is 0.0502 e. The molecule has 0 saturated carbocycles. The molecule has 2 aromatic rings. The van der Waals surface area contributed by atoms with E-state index in [0.29, 0.717) is 0 Å². The Bertz CT molecular complexity index is 560. The zero-order valence-electron chi connectivity index (χ0n) is 11.3. The van der Waals surface area contributed by atoms with Crippen molar-refractivity contribution >= 4 is 5.69 Å². The Morgan fingerprint density at radius 1 is 1.05 bits per heavy atom. The maximum Gasteiger partial charge on any atom is 0.0502 e. The van der Waals surface area contributed by atoms with E-state index in [4.69, 9.17) is 4.74 Å². The van der Waals surface area contributed by atoms with Gasteiger partial charge >= 0.3 is 0 Å². The van der Waals surface area contributed by atoms with Gasteiger partial charge in [-0.15, -0.1) is 0 Å². The molecule has 0 atom stereocenters. The number of hydrogen-bond donors (Lipinski definition) is 1. The Labute approximate surface area is 114 Å². The maximum absolute atomic E-state index is 5.10. The molecule has 0 amide bonds. The van der Waals surface area contributed by atoms with Crippen LogP contribution in [0, 0.1) is 0 Å². The van der Waals surface area contributed by atoms with Crippen molar-refractivity contribution in [1.29, 1.82) is 0 Å². The summed E-state index contributed by atoms with van der Waals surface area (Å²) in [5.74, 6) is 0. The van der Waals surface area contributed by atoms with E-state index in [-0.39, 0.29) is 0 Å². The third-order valence-electron chi connectivity index (χ3n) is 3.70. The molecule has 0 spiro atoms. The lowest BCUT2D eigenvalue weighted by molar-refractivity contribution is 0.202. The minimum atomic E-state index is 0.780. The second kappa shape index (κ2) is 5.45. The first-order valence-electron chi connectivity index (χ1n) is 6.82. The van der Waals surface area contributed by atoms with Crippen LogP contribution in [-0.4, -0.2) is 20.3 Å². The first kappa shape index (κ1) is 12.2. The molecule has 0 bridgehead atoms. The van der Waals surface area contributed by atoms with E-state index in [1.54, 1.807) is 7.11 Å². The monoisotopic (exact) mass is 253 g/mol. The Morgan fingerprint density at radius 3 is 2.63 bits per heavy atom. The molecule has 19 heavy (non-hydrogen) atoms. The van der Waals surface area contributed by atoms with E-state index < -0.39 is 0 Å². The number of ether oxygens (including phenoxy) is 1. The van der Waals surface area contributed by atoms with Crippen LogP contribution < -0.4 is 5.32 Å². The van der Waals surface area contributed by atoms with Gasteiger partial charge in [-0.05, 0) is 41.2 Å². The van der Waals surface area contributed by atoms with E-state index >= 15 is 0 Å². The molecule has 1 aliphatic rings. The second-order valence-electron chi connectivity index (χ2n) is 4.99. The minimum absolute atomic E-state index is 0.780. The first-order chi connectivity index (χ1) is 9.36. The molecule has 98 valence electrons. The summed E-state index contributed by atoms with van der Waals surface area (Å²) in [6, 6.07) is 15.5. The molecule has 2 heteroatoms. The Hall–Kier alpha value is -1.80. The molecule has 2 nitrogen and oxygen atoms in total. The molecular weight excluding hydrogens is 234 g/mol. The number of methoxy groups -OCH3 is 1. The SMILES string of the molecule is COCCc1ccc(-c2ccc3c(c2)NCC3)cc1. The highest BCUT2D eigenvalue weighted by atomic mass is 16.5. The van der Waals surface area contributed by atoms with Crippen molar-refractivity contribution in [3.63, 3.8) is 0 Å². The second-order valence-corrected chi connectivity index (χ2v) is 4.99. The summed E-state index contributed by atoms with van der Waals surface area (Å²) >= 11 is 0. The van der Waals surface area contributed by atoms with Crippen molar-refractivity contribution in [3.8, 4) is 11.1 Å². The zero-order valence-corrected chi connectivity index (χ0v) is 11.3. The highest BCUT2D eigenvalue weighted by molar-refractivity contribution is 5.71. The fraction of sp³-hybridized carbons (Fsp3) is 0.294. The van der Waals surface area contributed by atoms with E-state index in [0.717, 1.165) is 26.0 Å². The molecule has 0 aromatic heterocycles. The maximum atomic E-state index is 5.10. The molecule has 0 saturated heterocycles. The van der Waals surface area contributed by atoms with E-state index in [1.165, 1.54) is 27.9 Å². The third-order valence-corrected chi connectivity index (χ3v) is 3.70. The van der Waals surface area contributed by atoms with E-state index in [9.17, 15) is 0 Å². The number of fused-ring (bicyclic) bond motifs is 1. The predicted octanol–water partition coefficient (Wildman–Crippen LogP) is 3.51. The molecule has 2 aromatic carbocycles. The summed E-state index contributed by atoms with van der Waals surface area (Å²) in [4.78, 5) is 0. The van der Waals surface area contributed by atoms with Crippen LogP contribution in [0.15, 0.2) is 42.5 Å². The average Bonchev–Trinajstić information content (AvgIpc) is 2.93. The van der Waals surface area contributed by atoms with Gasteiger partial charge in [0.15, 0.2) is 0 Å². The fourth-order valence-electron chi connectivity index (χ4n) is 2.55. The van der Waals surface area contributed by atoms with E-state index in [1.807, 2.05) is 0 Å². The van der Waals surface area contributed by atoms with Crippen molar-refractivity contribution in [2.75, 3.05) is 25.6 Å². The van der Waals surface area contributed by atoms with Crippen LogP contribution in [0.2, 0.25) is 0 Å². The number of nitrogens with one attached hydrogen (secondary N) is 1. The van der Waals surface area contributed by atoms with Crippen LogP contribution in [0.1, 0.15) is 11.1 Å². The summed E-state index contributed by atoms with van der Waals surface area (Å²) in [5, 5.41) is 3.43. The first-order valence-corrected chi connectivity index (χ1v) is 6.82. The Kier molecular flexibility index (Phi) is 3.51. The normalized spacial score (nSPS) is 13.1. The molecular formula is C17H19NO. The van der Waals surface area contributed by atoms with Crippen LogP contribution in [0.4, 0.5) is 5.69 Å². The lowest BCUT2D eigenvalue weighted by Gasteiger charge is -2.07. The van der Waals surface area contributed by atoms with Gasteiger partial charge in [0.2, 0.25) is 0 Å². The standard InChI is InChI=1S/C17H19NO/c1-19-11-9-13-2-4-14(5-3-13)16-7-6-15-8-10-18-17(15)12-16/h2-7,12,18H,8-11H2,1H3. The molecule has 1 aliphatic heterocycles. The molecule has 3 rings (SSSR count). The topological polar surface area (TPSA) is 21.3 Å². The molecule has 1 N–H and O–H groups in total. The van der Waals surface area contributed by atoms with Gasteiger partial charge in [0.25, 0.3) is 0 Å². The van der Waals surface area contributed by atoms with Crippen LogP contribution in [0.5, 0.6) is 0 Å². The third kappa shape index (κ3) is 2.64. The summed E-state index contributed by atoms with van der Waals surface area (Å²) in [5.41, 5.74) is 6.61. The molecule has 0 aliphatic carbocycles. The van der Waals surface area contributed by atoms with Crippen molar-refractivity contribution in [2.45, 2.75) is 12.8 Å². The van der Waals surface area contributed by atoms with Crippen molar-refractivity contribution in [1.82, 2.24) is 0 Å². The number of rotatable bonds is 4. The van der Waals surface area contributed by atoms with Crippen molar-refractivity contribution in [3.05, 3.63) is 53.6 Å². The summed E-state index contributed by atoms with van der Waals surface area (Å²) in [6.45, 7) is 1.84. The number of hydrogen-bond acceptors (Lipinski definition) is 2. The Balaban J connectivity index is 1.82. The van der Waals surface area contributed by atoms with Gasteiger partial charge < -0.3 is 10.1 Å². The fourth-order valence-corrected chi connectivity index (χ4v) is 2.55. The summed E-state index contributed by atoms with van der Waals surface area (Å²) in [6.07, 6.45) is 2.12. The lowest BCUT2D eigenvalue weighted by atomic mass is 10.0. The van der Waals surface area contributed by atoms with Gasteiger partial charge in [-0.3, -0.25) is 0 Å². The Morgan fingerprint density at radius 2 is 1.84 bits per heavy atom. The molecule has 0 fully saturated rings. The van der Waals surface area contributed by atoms with Crippen LogP contribution >= 0.6 is 0 Å². The van der Waals surface area contributed by atoms with Crippen LogP contribution in [0.3, 0.4) is 0 Å². The average molecular weight is 253 g/mol. The molecule has 1 heterocycles. The van der Waals surface area contributed by atoms with Crippen molar-refractivity contribution < 1.29 is 4.74 Å². The number of benzene rings is 2. The van der Waals surface area contributed by atoms with Gasteiger partial charge in [-0.1, -0.05) is 36.4 Å². The van der Waals surface area contributed by atoms with Gasteiger partial charge in [-0.2, -0.15) is 0 Å². The van der Waals surface area contributed by atoms with Crippen LogP contribution in [-0.2, 0) is 17.6 Å². The predicted molar refractivity (Wildman–Crippen MR) is 79.7 cm³/mol. The quantitative estimate of drug-likeness (QED) is 0.900. The summed E-state index contributed by atoms with van der Waals surface area (Å²) in [7, 11) is 1.74. The lowest BCUT2D eigenvalue weighted by Crippen LogP contribution is -1.94. The highest BCUT2D eigenvalue weighted by Gasteiger charge is 2.10. The highest BCUT2D eigenvalue weighted by Crippen LogP contribution is 2.29. The van der Waals surface area contributed by atoms with Gasteiger partial charge in [0.05, 0.1) is 6.61 Å². The van der Waals surface area contributed by atoms with E-state index in [2.05, 4.69) is 47.8 Å². The zero-order chi connectivity index (χ0) is 13.1. The van der Waals surface area contributed by atoms with Gasteiger partial charge in [0.1, 0.15) is 0 Å². The van der Waals surface area contributed by atoms with Gasteiger partial charge in [-0.25, -0.2) is 0 Å². The van der Waals surface area contributed by atoms with Crippen molar-refractivity contribution in [2.24, 2.45) is 0 Å². The largest absolute Gasteiger partial charge is 0.384 e. The molecule has 0 unspecified atom stereocenters. The summed E-state index contributed by atoms with van der Waals surface area (Å²) < 4.78 is 5.10. The van der Waals surface area contributed by atoms with Crippen LogP contribution in [0.25, 0.3) is 11.1 Å². The number of anilines is 1. The molecule has 0 radical (unpaired) electrons.